The van der Waals surface area contributed by atoms with Crippen LogP contribution in [0.5, 0.6) is 0 Å². The number of hydrogen-bond donors (Lipinski definition) is 3. The molecule has 0 fully saturated rings. The molecule has 104 valence electrons. The van der Waals surface area contributed by atoms with Crippen molar-refractivity contribution in [2.75, 3.05) is 26.7 Å². The maximum absolute atomic E-state index is 6.16. The monoisotopic (exact) mass is 263 g/mol. The Labute approximate surface area is 106 Å². The molecule has 0 aliphatic carbocycles. The van der Waals surface area contributed by atoms with E-state index in [2.05, 4.69) is 6.55 Å². The van der Waals surface area contributed by atoms with Crippen LogP contribution in [0.1, 0.15) is 25.7 Å². The molecule has 0 saturated heterocycles. The lowest BCUT2D eigenvalue weighted by molar-refractivity contribution is 0.118. The van der Waals surface area contributed by atoms with E-state index in [1.165, 1.54) is 0 Å². The number of rotatable bonds is 11. The molecule has 0 heterocycles. The van der Waals surface area contributed by atoms with Gasteiger partial charge in [0.2, 0.25) is 0 Å². The van der Waals surface area contributed by atoms with Gasteiger partial charge in [-0.15, -0.1) is 0 Å². The van der Waals surface area contributed by atoms with E-state index in [4.69, 9.17) is 26.1 Å². The lowest BCUT2D eigenvalue weighted by Gasteiger charge is -2.30. The van der Waals surface area contributed by atoms with Crippen molar-refractivity contribution in [3.8, 4) is 0 Å². The van der Waals surface area contributed by atoms with Crippen LogP contribution in [0.3, 0.4) is 0 Å². The van der Waals surface area contributed by atoms with Crippen LogP contribution in [0.4, 0.5) is 0 Å². The highest BCUT2D eigenvalue weighted by atomic mass is 28.4. The Morgan fingerprint density at radius 1 is 1.00 bits per heavy atom. The lowest BCUT2D eigenvalue weighted by atomic mass is 10.1. The molecule has 0 aromatic heterocycles. The van der Waals surface area contributed by atoms with Crippen LogP contribution in [0, 0.1) is 0 Å². The van der Waals surface area contributed by atoms with E-state index in [9.17, 15) is 0 Å². The van der Waals surface area contributed by atoms with Gasteiger partial charge in [-0.05, 0) is 57.9 Å². The third-order valence-electron chi connectivity index (χ3n) is 2.90. The predicted octanol–water partition coefficient (Wildman–Crippen LogP) is 0.527. The summed E-state index contributed by atoms with van der Waals surface area (Å²) in [6.07, 6.45) is 3.92. The summed E-state index contributed by atoms with van der Waals surface area (Å²) in [7, 11) is -0.344. The zero-order valence-corrected chi connectivity index (χ0v) is 12.3. The second-order valence-corrected chi connectivity index (χ2v) is 7.89. The third-order valence-corrected chi connectivity index (χ3v) is 5.86. The highest BCUT2D eigenvalue weighted by molar-refractivity contribution is 6.66. The van der Waals surface area contributed by atoms with Gasteiger partial charge < -0.3 is 26.1 Å². The largest absolute Gasteiger partial charge is 0.398 e. The van der Waals surface area contributed by atoms with Gasteiger partial charge in [-0.1, -0.05) is 0 Å². The summed E-state index contributed by atoms with van der Waals surface area (Å²) in [6.45, 7) is 4.10. The average Bonchev–Trinajstić information content (AvgIpc) is 2.34. The van der Waals surface area contributed by atoms with E-state index in [1.54, 1.807) is 7.11 Å². The van der Waals surface area contributed by atoms with Gasteiger partial charge in [-0.2, -0.15) is 0 Å². The Balaban J connectivity index is 4.24. The first kappa shape index (κ1) is 17.0. The van der Waals surface area contributed by atoms with Crippen LogP contribution in [-0.2, 0) is 8.85 Å². The third kappa shape index (κ3) is 7.85. The first-order valence-corrected chi connectivity index (χ1v) is 8.97. The summed E-state index contributed by atoms with van der Waals surface area (Å²) in [5, 5.41) is 0. The van der Waals surface area contributed by atoms with E-state index in [1.807, 2.05) is 0 Å². The molecule has 0 radical (unpaired) electrons. The SMILES string of the molecule is CO[Si](C)(CCCN)OC(CCN)CCCN. The molecular weight excluding hydrogens is 234 g/mol. The zero-order chi connectivity index (χ0) is 13.1. The number of nitrogens with two attached hydrogens (primary N) is 3. The Morgan fingerprint density at radius 3 is 2.12 bits per heavy atom. The van der Waals surface area contributed by atoms with Gasteiger partial charge in [0.1, 0.15) is 0 Å². The number of hydrogen-bond acceptors (Lipinski definition) is 5. The van der Waals surface area contributed by atoms with Crippen LogP contribution >= 0.6 is 0 Å². The predicted molar refractivity (Wildman–Crippen MR) is 73.9 cm³/mol. The first-order valence-electron chi connectivity index (χ1n) is 6.45. The molecule has 0 amide bonds. The topological polar surface area (TPSA) is 96.5 Å². The maximum atomic E-state index is 6.16. The van der Waals surface area contributed by atoms with Gasteiger partial charge >= 0.3 is 8.56 Å². The van der Waals surface area contributed by atoms with Crippen LogP contribution in [-0.4, -0.2) is 41.4 Å². The fourth-order valence-corrected chi connectivity index (χ4v) is 3.98. The van der Waals surface area contributed by atoms with Gasteiger partial charge in [0.25, 0.3) is 0 Å². The summed E-state index contributed by atoms with van der Waals surface area (Å²) >= 11 is 0. The van der Waals surface area contributed by atoms with Gasteiger partial charge in [-0.25, -0.2) is 0 Å². The standard InChI is InChI=1S/C11H29N3O2Si/c1-15-17(2,10-4-8-13)16-11(6-9-14)5-3-7-12/h11H,3-10,12-14H2,1-2H3. The Bertz CT molecular complexity index is 186. The van der Waals surface area contributed by atoms with Crippen molar-refractivity contribution in [3.05, 3.63) is 0 Å². The average molecular weight is 263 g/mol. The van der Waals surface area contributed by atoms with Gasteiger partial charge in [-0.3, -0.25) is 0 Å². The van der Waals surface area contributed by atoms with Crippen LogP contribution in [0.2, 0.25) is 12.6 Å². The summed E-state index contributed by atoms with van der Waals surface area (Å²) in [5.41, 5.74) is 16.7. The minimum atomic E-state index is -2.07. The second-order valence-electron chi connectivity index (χ2n) is 4.48. The Kier molecular flexibility index (Phi) is 10.00. The quantitative estimate of drug-likeness (QED) is 0.472. The van der Waals surface area contributed by atoms with Crippen LogP contribution in [0.15, 0.2) is 0 Å². The molecular formula is C11H29N3O2Si. The Morgan fingerprint density at radius 2 is 1.65 bits per heavy atom. The van der Waals surface area contributed by atoms with Crippen molar-refractivity contribution in [3.63, 3.8) is 0 Å². The fraction of sp³-hybridized carbons (Fsp3) is 1.00. The van der Waals surface area contributed by atoms with Crippen LogP contribution < -0.4 is 17.2 Å². The molecule has 17 heavy (non-hydrogen) atoms. The molecule has 0 aromatic carbocycles. The molecule has 6 heteroatoms. The van der Waals surface area contributed by atoms with Gasteiger partial charge in [0.05, 0.1) is 0 Å². The van der Waals surface area contributed by atoms with E-state index >= 15 is 0 Å². The molecule has 0 aliphatic rings. The fourth-order valence-electron chi connectivity index (χ4n) is 1.78. The maximum Gasteiger partial charge on any atom is 0.334 e. The smallest absolute Gasteiger partial charge is 0.334 e. The van der Waals surface area contributed by atoms with E-state index in [0.717, 1.165) is 31.7 Å². The molecule has 5 nitrogen and oxygen atoms in total. The lowest BCUT2D eigenvalue weighted by Crippen LogP contribution is -2.42. The molecule has 6 N–H and O–H groups in total. The molecule has 0 spiro atoms. The molecule has 0 aromatic rings. The highest BCUT2D eigenvalue weighted by Gasteiger charge is 2.32. The minimum Gasteiger partial charge on any atom is -0.398 e. The normalized spacial score (nSPS) is 16.8. The van der Waals surface area contributed by atoms with Crippen molar-refractivity contribution in [2.45, 2.75) is 44.4 Å². The van der Waals surface area contributed by atoms with Crippen molar-refractivity contribution in [2.24, 2.45) is 17.2 Å². The van der Waals surface area contributed by atoms with E-state index in [-0.39, 0.29) is 6.10 Å². The van der Waals surface area contributed by atoms with E-state index < -0.39 is 8.56 Å². The highest BCUT2D eigenvalue weighted by Crippen LogP contribution is 2.20. The van der Waals surface area contributed by atoms with Gasteiger partial charge in [0, 0.05) is 13.2 Å². The minimum absolute atomic E-state index is 0.179. The molecule has 0 bridgehead atoms. The summed E-state index contributed by atoms with van der Waals surface area (Å²) in [5.74, 6) is 0. The second kappa shape index (κ2) is 9.99. The summed E-state index contributed by atoms with van der Waals surface area (Å²) in [6, 6.07) is 0.934. The molecule has 2 atom stereocenters. The van der Waals surface area contributed by atoms with Gasteiger partial charge in [0.15, 0.2) is 0 Å². The first-order chi connectivity index (χ1) is 8.11. The van der Waals surface area contributed by atoms with Crippen molar-refractivity contribution >= 4 is 8.56 Å². The molecule has 0 aliphatic heterocycles. The van der Waals surface area contributed by atoms with Crippen molar-refractivity contribution < 1.29 is 8.85 Å². The van der Waals surface area contributed by atoms with Crippen molar-refractivity contribution in [1.29, 1.82) is 0 Å². The zero-order valence-electron chi connectivity index (χ0n) is 11.3. The molecule has 0 rings (SSSR count). The Hall–Kier alpha value is 0.0169. The van der Waals surface area contributed by atoms with Crippen LogP contribution in [0.25, 0.3) is 0 Å². The molecule has 2 unspecified atom stereocenters. The summed E-state index contributed by atoms with van der Waals surface area (Å²) in [4.78, 5) is 0. The van der Waals surface area contributed by atoms with E-state index in [0.29, 0.717) is 19.6 Å². The molecule has 0 saturated carbocycles. The van der Waals surface area contributed by atoms with Crippen molar-refractivity contribution in [1.82, 2.24) is 0 Å². The summed E-state index contributed by atoms with van der Waals surface area (Å²) < 4.78 is 11.7.